The molecule has 0 aliphatic heterocycles. The second-order valence-electron chi connectivity index (χ2n) is 6.28. The van der Waals surface area contributed by atoms with Crippen molar-refractivity contribution in [2.45, 2.75) is 20.4 Å². The maximum atomic E-state index is 12.7. The predicted octanol–water partition coefficient (Wildman–Crippen LogP) is 4.26. The van der Waals surface area contributed by atoms with Crippen LogP contribution in [0, 0.1) is 13.8 Å². The van der Waals surface area contributed by atoms with Crippen molar-refractivity contribution in [2.24, 2.45) is 0 Å². The first-order valence-electron chi connectivity index (χ1n) is 8.33. The minimum atomic E-state index is -0.0416. The average Bonchev–Trinajstić information content (AvgIpc) is 3.07. The number of aryl methyl sites for hydroxylation is 2. The van der Waals surface area contributed by atoms with Gasteiger partial charge in [0.25, 0.3) is 5.56 Å². The zero-order valence-corrected chi connectivity index (χ0v) is 15.4. The number of benzene rings is 2. The summed E-state index contributed by atoms with van der Waals surface area (Å²) in [6.07, 6.45) is 1.59. The summed E-state index contributed by atoms with van der Waals surface area (Å²) in [6, 6.07) is 13.8. The van der Waals surface area contributed by atoms with Gasteiger partial charge in [0.1, 0.15) is 0 Å². The highest BCUT2D eigenvalue weighted by molar-refractivity contribution is 7.13. The third kappa shape index (κ3) is 3.23. The van der Waals surface area contributed by atoms with Gasteiger partial charge in [0.15, 0.2) is 5.13 Å². The van der Waals surface area contributed by atoms with Crippen LogP contribution >= 0.6 is 11.3 Å². The van der Waals surface area contributed by atoms with Gasteiger partial charge < -0.3 is 5.32 Å². The number of anilines is 2. The molecule has 0 saturated carbocycles. The highest BCUT2D eigenvalue weighted by Gasteiger charge is 2.08. The lowest BCUT2D eigenvalue weighted by Gasteiger charge is -2.06. The summed E-state index contributed by atoms with van der Waals surface area (Å²) in [4.78, 5) is 21.7. The Hall–Kier alpha value is -2.99. The summed E-state index contributed by atoms with van der Waals surface area (Å²) in [7, 11) is 0. The molecular weight excluding hydrogens is 344 g/mol. The zero-order chi connectivity index (χ0) is 18.1. The molecule has 130 valence electrons. The van der Waals surface area contributed by atoms with E-state index in [4.69, 9.17) is 0 Å². The summed E-state index contributed by atoms with van der Waals surface area (Å²) < 4.78 is 1.61. The van der Waals surface area contributed by atoms with E-state index < -0.39 is 0 Å². The number of hydrogen-bond acceptors (Lipinski definition) is 5. The molecule has 0 fully saturated rings. The van der Waals surface area contributed by atoms with E-state index >= 15 is 0 Å². The molecule has 0 atom stereocenters. The van der Waals surface area contributed by atoms with Crippen molar-refractivity contribution >= 4 is 33.1 Å². The van der Waals surface area contributed by atoms with Gasteiger partial charge in [-0.1, -0.05) is 29.8 Å². The highest BCUT2D eigenvalue weighted by atomic mass is 32.1. The van der Waals surface area contributed by atoms with Crippen LogP contribution in [0.2, 0.25) is 0 Å². The number of aromatic nitrogens is 3. The molecule has 0 unspecified atom stereocenters. The lowest BCUT2D eigenvalue weighted by Crippen LogP contribution is -2.21. The number of nitrogens with one attached hydrogen (secondary N) is 1. The molecular formula is C20H18N4OS. The molecule has 6 heteroatoms. The van der Waals surface area contributed by atoms with E-state index in [0.29, 0.717) is 11.9 Å². The minimum absolute atomic E-state index is 0.0416. The first-order valence-corrected chi connectivity index (χ1v) is 9.21. The van der Waals surface area contributed by atoms with Crippen LogP contribution in [-0.2, 0) is 6.54 Å². The molecule has 0 amide bonds. The topological polar surface area (TPSA) is 59.8 Å². The van der Waals surface area contributed by atoms with Crippen molar-refractivity contribution in [3.05, 3.63) is 81.3 Å². The maximum Gasteiger partial charge on any atom is 0.261 e. The number of fused-ring (bicyclic) bond motifs is 1. The van der Waals surface area contributed by atoms with E-state index in [1.165, 1.54) is 11.3 Å². The fraction of sp³-hybridized carbons (Fsp3) is 0.150. The Morgan fingerprint density at radius 3 is 2.85 bits per heavy atom. The Morgan fingerprint density at radius 1 is 1.15 bits per heavy atom. The summed E-state index contributed by atoms with van der Waals surface area (Å²) in [5.74, 6) is 0. The number of rotatable bonds is 4. The molecule has 0 radical (unpaired) electrons. The highest BCUT2D eigenvalue weighted by Crippen LogP contribution is 2.23. The average molecular weight is 362 g/mol. The quantitative estimate of drug-likeness (QED) is 0.589. The van der Waals surface area contributed by atoms with Gasteiger partial charge in [-0.3, -0.25) is 9.36 Å². The summed E-state index contributed by atoms with van der Waals surface area (Å²) in [5.41, 5.74) is 4.76. The first kappa shape index (κ1) is 16.5. The summed E-state index contributed by atoms with van der Waals surface area (Å²) >= 11 is 1.53. The second-order valence-corrected chi connectivity index (χ2v) is 7.14. The third-order valence-corrected chi connectivity index (χ3v) is 5.06. The molecule has 0 saturated heterocycles. The molecule has 4 rings (SSSR count). The fourth-order valence-corrected chi connectivity index (χ4v) is 3.54. The van der Waals surface area contributed by atoms with Gasteiger partial charge in [-0.15, -0.1) is 11.3 Å². The lowest BCUT2D eigenvalue weighted by molar-refractivity contribution is 0.734. The molecule has 2 aromatic carbocycles. The van der Waals surface area contributed by atoms with E-state index in [9.17, 15) is 4.79 Å². The number of thiazole rings is 1. The Balaban J connectivity index is 1.60. The Kier molecular flexibility index (Phi) is 4.26. The van der Waals surface area contributed by atoms with Crippen molar-refractivity contribution in [1.82, 2.24) is 14.5 Å². The number of nitrogens with zero attached hydrogens (tertiary/aromatic N) is 3. The first-order chi connectivity index (χ1) is 12.6. The van der Waals surface area contributed by atoms with Crippen LogP contribution < -0.4 is 10.9 Å². The second kappa shape index (κ2) is 6.72. The van der Waals surface area contributed by atoms with Gasteiger partial charge >= 0.3 is 0 Å². The van der Waals surface area contributed by atoms with Crippen molar-refractivity contribution in [3.8, 4) is 0 Å². The Labute approximate surface area is 155 Å². The normalized spacial score (nSPS) is 11.0. The smallest absolute Gasteiger partial charge is 0.261 e. The summed E-state index contributed by atoms with van der Waals surface area (Å²) in [6.45, 7) is 4.43. The standard InChI is InChI=1S/C20H18N4OS/c1-13-7-8-18-16(9-13)19(25)24(12-21-18)10-15-11-26-20(22-15)23-17-6-4-3-5-14(17)2/h3-9,11-12H,10H2,1-2H3,(H,22,23). The monoisotopic (exact) mass is 362 g/mol. The molecule has 0 spiro atoms. The van der Waals surface area contributed by atoms with Crippen LogP contribution in [0.1, 0.15) is 16.8 Å². The van der Waals surface area contributed by atoms with E-state index in [2.05, 4.69) is 28.3 Å². The molecule has 5 nitrogen and oxygen atoms in total. The number of para-hydroxylation sites is 1. The Morgan fingerprint density at radius 2 is 2.00 bits per heavy atom. The van der Waals surface area contributed by atoms with Gasteiger partial charge in [0.2, 0.25) is 0 Å². The van der Waals surface area contributed by atoms with Gasteiger partial charge in [0.05, 0.1) is 29.5 Å². The van der Waals surface area contributed by atoms with Crippen molar-refractivity contribution < 1.29 is 0 Å². The summed E-state index contributed by atoms with van der Waals surface area (Å²) in [5, 5.41) is 6.75. The zero-order valence-electron chi connectivity index (χ0n) is 14.6. The Bertz CT molecular complexity index is 1150. The van der Waals surface area contributed by atoms with E-state index in [-0.39, 0.29) is 5.56 Å². The molecule has 0 aliphatic carbocycles. The van der Waals surface area contributed by atoms with Crippen LogP contribution in [0.25, 0.3) is 10.9 Å². The molecule has 2 aromatic heterocycles. The van der Waals surface area contributed by atoms with E-state index in [1.54, 1.807) is 10.9 Å². The third-order valence-electron chi connectivity index (χ3n) is 4.25. The van der Waals surface area contributed by atoms with Gasteiger partial charge in [-0.2, -0.15) is 0 Å². The van der Waals surface area contributed by atoms with Crippen molar-refractivity contribution in [2.75, 3.05) is 5.32 Å². The lowest BCUT2D eigenvalue weighted by atomic mass is 10.2. The van der Waals surface area contributed by atoms with Gasteiger partial charge in [-0.25, -0.2) is 9.97 Å². The van der Waals surface area contributed by atoms with Crippen LogP contribution in [0.3, 0.4) is 0 Å². The molecule has 1 N–H and O–H groups in total. The van der Waals surface area contributed by atoms with Crippen molar-refractivity contribution in [1.29, 1.82) is 0 Å². The molecule has 4 aromatic rings. The largest absolute Gasteiger partial charge is 0.331 e. The number of hydrogen-bond donors (Lipinski definition) is 1. The van der Waals surface area contributed by atoms with Gasteiger partial charge in [-0.05, 0) is 37.6 Å². The molecule has 2 heterocycles. The molecule has 0 aliphatic rings. The molecule has 26 heavy (non-hydrogen) atoms. The van der Waals surface area contributed by atoms with Crippen LogP contribution in [0.15, 0.2) is 59.0 Å². The minimum Gasteiger partial charge on any atom is -0.331 e. The maximum absolute atomic E-state index is 12.7. The fourth-order valence-electron chi connectivity index (χ4n) is 2.83. The van der Waals surface area contributed by atoms with E-state index in [1.807, 2.05) is 48.7 Å². The predicted molar refractivity (Wildman–Crippen MR) is 106 cm³/mol. The van der Waals surface area contributed by atoms with Crippen LogP contribution in [0.4, 0.5) is 10.8 Å². The van der Waals surface area contributed by atoms with Crippen molar-refractivity contribution in [3.63, 3.8) is 0 Å². The van der Waals surface area contributed by atoms with Crippen LogP contribution in [0.5, 0.6) is 0 Å². The van der Waals surface area contributed by atoms with E-state index in [0.717, 1.165) is 33.2 Å². The molecule has 0 bridgehead atoms. The SMILES string of the molecule is Cc1ccc2ncn(Cc3csc(Nc4ccccc4C)n3)c(=O)c2c1. The van der Waals surface area contributed by atoms with Crippen LogP contribution in [-0.4, -0.2) is 14.5 Å². The van der Waals surface area contributed by atoms with Gasteiger partial charge in [0, 0.05) is 11.1 Å².